The summed E-state index contributed by atoms with van der Waals surface area (Å²) in [6.07, 6.45) is -3.98. The standard InChI is InChI=1S/C29H31F3N4O3/c1-35(26(21-7-3-2-4-8-21)19-36-15-14-25(37)18-36)27(38)17-20-6-5-9-24(16-20)34-28(39)33-23-12-10-22(11-13-23)29(30,31)32/h2-13,16,25-26,37H,14-15,17-19H2,1H3,(H2,33,34,39)/t25-,26+/m0/s1. The van der Waals surface area contributed by atoms with Gasteiger partial charge >= 0.3 is 12.2 Å². The Hall–Kier alpha value is -3.89. The van der Waals surface area contributed by atoms with Crippen molar-refractivity contribution >= 4 is 23.3 Å². The summed E-state index contributed by atoms with van der Waals surface area (Å²) in [5.41, 5.74) is 1.56. The van der Waals surface area contributed by atoms with Crippen LogP contribution in [0.4, 0.5) is 29.3 Å². The van der Waals surface area contributed by atoms with Gasteiger partial charge in [-0.3, -0.25) is 9.69 Å². The van der Waals surface area contributed by atoms with Crippen LogP contribution in [0.15, 0.2) is 78.9 Å². The summed E-state index contributed by atoms with van der Waals surface area (Å²) in [4.78, 5) is 29.6. The van der Waals surface area contributed by atoms with E-state index in [9.17, 15) is 27.9 Å². The van der Waals surface area contributed by atoms with E-state index in [1.807, 2.05) is 30.3 Å². The largest absolute Gasteiger partial charge is 0.416 e. The molecule has 7 nitrogen and oxygen atoms in total. The van der Waals surface area contributed by atoms with Crippen LogP contribution in [-0.2, 0) is 17.4 Å². The third kappa shape index (κ3) is 7.81. The van der Waals surface area contributed by atoms with Crippen molar-refractivity contribution in [1.82, 2.24) is 9.80 Å². The van der Waals surface area contributed by atoms with Crippen molar-refractivity contribution in [3.8, 4) is 0 Å². The molecule has 10 heteroatoms. The van der Waals surface area contributed by atoms with Gasteiger partial charge in [-0.15, -0.1) is 0 Å². The summed E-state index contributed by atoms with van der Waals surface area (Å²) >= 11 is 0. The first-order valence-electron chi connectivity index (χ1n) is 12.6. The van der Waals surface area contributed by atoms with E-state index in [0.29, 0.717) is 30.8 Å². The maximum Gasteiger partial charge on any atom is 0.416 e. The van der Waals surface area contributed by atoms with E-state index in [1.54, 1.807) is 36.2 Å². The third-order valence-electron chi connectivity index (χ3n) is 6.73. The molecule has 1 fully saturated rings. The van der Waals surface area contributed by atoms with Crippen molar-refractivity contribution in [1.29, 1.82) is 0 Å². The molecule has 0 unspecified atom stereocenters. The second-order valence-electron chi connectivity index (χ2n) is 9.66. The minimum Gasteiger partial charge on any atom is -0.392 e. The lowest BCUT2D eigenvalue weighted by Gasteiger charge is -2.32. The molecule has 3 N–H and O–H groups in total. The number of amides is 3. The predicted octanol–water partition coefficient (Wildman–Crippen LogP) is 5.16. The number of aliphatic hydroxyl groups excluding tert-OH is 1. The smallest absolute Gasteiger partial charge is 0.392 e. The summed E-state index contributed by atoms with van der Waals surface area (Å²) < 4.78 is 38.2. The Morgan fingerprint density at radius 3 is 2.33 bits per heavy atom. The number of carbonyl (C=O) groups excluding carboxylic acids is 2. The average Bonchev–Trinajstić information content (AvgIpc) is 3.32. The van der Waals surface area contributed by atoms with Crippen molar-refractivity contribution in [3.05, 3.63) is 95.6 Å². The Balaban J connectivity index is 1.38. The number of benzene rings is 3. The van der Waals surface area contributed by atoms with Crippen molar-refractivity contribution in [2.24, 2.45) is 0 Å². The molecule has 0 bridgehead atoms. The van der Waals surface area contributed by atoms with Crippen LogP contribution in [0.1, 0.15) is 29.2 Å². The number of β-amino-alcohol motifs (C(OH)–C–C–N with tert-alkyl or cyclic N) is 1. The first kappa shape index (κ1) is 28.1. The number of nitrogens with one attached hydrogen (secondary N) is 2. The van der Waals surface area contributed by atoms with Crippen LogP contribution in [0.2, 0.25) is 0 Å². The van der Waals surface area contributed by atoms with Crippen molar-refractivity contribution < 1.29 is 27.9 Å². The molecule has 4 rings (SSSR count). The molecule has 3 amide bonds. The van der Waals surface area contributed by atoms with Crippen LogP contribution in [-0.4, -0.2) is 59.6 Å². The van der Waals surface area contributed by atoms with Gasteiger partial charge in [-0.2, -0.15) is 13.2 Å². The van der Waals surface area contributed by atoms with Crippen molar-refractivity contribution in [3.63, 3.8) is 0 Å². The number of nitrogens with zero attached hydrogens (tertiary/aromatic N) is 2. The highest BCUT2D eigenvalue weighted by Crippen LogP contribution is 2.30. The molecular formula is C29H31F3N4O3. The Labute approximate surface area is 225 Å². The molecule has 39 heavy (non-hydrogen) atoms. The Morgan fingerprint density at radius 1 is 1.00 bits per heavy atom. The summed E-state index contributed by atoms with van der Waals surface area (Å²) in [5.74, 6) is -0.102. The topological polar surface area (TPSA) is 84.9 Å². The number of urea groups is 1. The van der Waals surface area contributed by atoms with Gasteiger partial charge < -0.3 is 20.6 Å². The first-order valence-corrected chi connectivity index (χ1v) is 12.6. The third-order valence-corrected chi connectivity index (χ3v) is 6.73. The van der Waals surface area contributed by atoms with Gasteiger partial charge in [0.05, 0.1) is 24.1 Å². The van der Waals surface area contributed by atoms with E-state index < -0.39 is 17.8 Å². The fourth-order valence-electron chi connectivity index (χ4n) is 4.62. The van der Waals surface area contributed by atoms with Gasteiger partial charge in [0.1, 0.15) is 0 Å². The van der Waals surface area contributed by atoms with Crippen LogP contribution < -0.4 is 10.6 Å². The molecule has 1 aliphatic heterocycles. The minimum atomic E-state index is -4.45. The number of hydrogen-bond acceptors (Lipinski definition) is 4. The normalized spacial score (nSPS) is 16.5. The lowest BCUT2D eigenvalue weighted by atomic mass is 10.0. The zero-order chi connectivity index (χ0) is 28.0. The number of alkyl halides is 3. The maximum absolute atomic E-state index is 13.3. The summed E-state index contributed by atoms with van der Waals surface area (Å²) in [5, 5.41) is 15.1. The molecule has 0 saturated carbocycles. The highest BCUT2D eigenvalue weighted by atomic mass is 19.4. The van der Waals surface area contributed by atoms with Gasteiger partial charge in [-0.05, 0) is 53.9 Å². The molecule has 1 heterocycles. The van der Waals surface area contributed by atoms with E-state index in [0.717, 1.165) is 24.2 Å². The monoisotopic (exact) mass is 540 g/mol. The fraction of sp³-hybridized carbons (Fsp3) is 0.310. The van der Waals surface area contributed by atoms with Gasteiger partial charge in [0.25, 0.3) is 0 Å². The zero-order valence-corrected chi connectivity index (χ0v) is 21.5. The lowest BCUT2D eigenvalue weighted by molar-refractivity contribution is -0.137. The van der Waals surface area contributed by atoms with E-state index in [4.69, 9.17) is 0 Å². The lowest BCUT2D eigenvalue weighted by Crippen LogP contribution is -2.39. The van der Waals surface area contributed by atoms with Crippen LogP contribution in [0.25, 0.3) is 0 Å². The number of carbonyl (C=O) groups is 2. The summed E-state index contributed by atoms with van der Waals surface area (Å²) in [7, 11) is 1.77. The number of aliphatic hydroxyl groups is 1. The van der Waals surface area contributed by atoms with Gasteiger partial charge in [-0.1, -0.05) is 42.5 Å². The van der Waals surface area contributed by atoms with Gasteiger partial charge in [0.15, 0.2) is 0 Å². The summed E-state index contributed by atoms with van der Waals surface area (Å²) in [6, 6.07) is 20.0. The van der Waals surface area contributed by atoms with Crippen LogP contribution in [0.3, 0.4) is 0 Å². The number of rotatable bonds is 8. The molecule has 2 atom stereocenters. The molecule has 3 aromatic carbocycles. The van der Waals surface area contributed by atoms with Gasteiger partial charge in [0, 0.05) is 38.1 Å². The van der Waals surface area contributed by atoms with E-state index in [1.165, 1.54) is 12.1 Å². The van der Waals surface area contributed by atoms with Crippen molar-refractivity contribution in [2.45, 2.75) is 31.2 Å². The van der Waals surface area contributed by atoms with Gasteiger partial charge in [0.2, 0.25) is 5.91 Å². The molecular weight excluding hydrogens is 509 g/mol. The Kier molecular flexibility index (Phi) is 8.88. The summed E-state index contributed by atoms with van der Waals surface area (Å²) in [6.45, 7) is 1.96. The Morgan fingerprint density at radius 2 is 1.69 bits per heavy atom. The quantitative estimate of drug-likeness (QED) is 0.369. The highest BCUT2D eigenvalue weighted by Gasteiger charge is 2.30. The molecule has 0 aromatic heterocycles. The number of likely N-dealkylation sites (tertiary alicyclic amines) is 1. The predicted molar refractivity (Wildman–Crippen MR) is 143 cm³/mol. The van der Waals surface area contributed by atoms with Gasteiger partial charge in [-0.25, -0.2) is 4.79 Å². The second kappa shape index (κ2) is 12.3. The van der Waals surface area contributed by atoms with Crippen LogP contribution in [0.5, 0.6) is 0 Å². The molecule has 0 aliphatic carbocycles. The van der Waals surface area contributed by atoms with E-state index >= 15 is 0 Å². The van der Waals surface area contributed by atoms with Crippen molar-refractivity contribution in [2.75, 3.05) is 37.3 Å². The average molecular weight is 541 g/mol. The minimum absolute atomic E-state index is 0.102. The molecule has 0 spiro atoms. The SMILES string of the molecule is CN(C(=O)Cc1cccc(NC(=O)Nc2ccc(C(F)(F)F)cc2)c1)[C@H](CN1CC[C@H](O)C1)c1ccccc1. The molecule has 3 aromatic rings. The Bertz CT molecular complexity index is 1270. The van der Waals surface area contributed by atoms with E-state index in [2.05, 4.69) is 15.5 Å². The molecule has 1 aliphatic rings. The molecule has 0 radical (unpaired) electrons. The number of halogens is 3. The maximum atomic E-state index is 13.3. The van der Waals surface area contributed by atoms with Crippen LogP contribution >= 0.6 is 0 Å². The molecule has 206 valence electrons. The highest BCUT2D eigenvalue weighted by molar-refractivity contribution is 5.99. The second-order valence-corrected chi connectivity index (χ2v) is 9.66. The zero-order valence-electron chi connectivity index (χ0n) is 21.5. The fourth-order valence-corrected chi connectivity index (χ4v) is 4.62. The number of hydrogen-bond donors (Lipinski definition) is 3. The van der Waals surface area contributed by atoms with Crippen LogP contribution in [0, 0.1) is 0 Å². The number of likely N-dealkylation sites (N-methyl/N-ethyl adjacent to an activating group) is 1. The first-order chi connectivity index (χ1) is 18.6. The number of anilines is 2. The molecule has 1 saturated heterocycles. The van der Waals surface area contributed by atoms with E-state index in [-0.39, 0.29) is 30.2 Å².